The Kier molecular flexibility index (Phi) is 4.21. The van der Waals surface area contributed by atoms with Gasteiger partial charge >= 0.3 is 12.1 Å². The van der Waals surface area contributed by atoms with Gasteiger partial charge in [0.1, 0.15) is 5.75 Å². The van der Waals surface area contributed by atoms with Crippen LogP contribution >= 0.6 is 0 Å². The van der Waals surface area contributed by atoms with Crippen molar-refractivity contribution >= 4 is 11.6 Å². The SMILES string of the molecule is CC(=O)Nc1cc(C(F)C(F)(F)C(F)(F)F)ccc1O. The molecule has 0 aliphatic rings. The van der Waals surface area contributed by atoms with E-state index in [0.717, 1.165) is 6.92 Å². The topological polar surface area (TPSA) is 49.3 Å². The van der Waals surface area contributed by atoms with E-state index in [1.165, 1.54) is 0 Å². The number of amides is 1. The van der Waals surface area contributed by atoms with E-state index in [1.807, 2.05) is 5.32 Å². The van der Waals surface area contributed by atoms with Crippen LogP contribution in [0, 0.1) is 0 Å². The molecule has 3 nitrogen and oxygen atoms in total. The first-order chi connectivity index (χ1) is 8.96. The lowest BCUT2D eigenvalue weighted by atomic mass is 10.0. The number of carbonyl (C=O) groups excluding carboxylic acids is 1. The molecule has 0 fully saturated rings. The Morgan fingerprint density at radius 2 is 1.80 bits per heavy atom. The Balaban J connectivity index is 3.17. The van der Waals surface area contributed by atoms with Crippen LogP contribution in [0.2, 0.25) is 0 Å². The van der Waals surface area contributed by atoms with E-state index in [4.69, 9.17) is 0 Å². The van der Waals surface area contributed by atoms with E-state index >= 15 is 0 Å². The molecule has 9 heteroatoms. The number of halogens is 6. The molecule has 0 saturated heterocycles. The molecular formula is C11H9F6NO2. The Labute approximate surface area is 109 Å². The minimum Gasteiger partial charge on any atom is -0.506 e. The van der Waals surface area contributed by atoms with E-state index in [0.29, 0.717) is 18.2 Å². The van der Waals surface area contributed by atoms with Crippen molar-refractivity contribution in [2.75, 3.05) is 5.32 Å². The van der Waals surface area contributed by atoms with Gasteiger partial charge in [-0.05, 0) is 17.7 Å². The van der Waals surface area contributed by atoms with Crippen molar-refractivity contribution in [2.45, 2.75) is 25.2 Å². The first kappa shape index (κ1) is 16.1. The van der Waals surface area contributed by atoms with Crippen LogP contribution in [0.1, 0.15) is 18.7 Å². The lowest BCUT2D eigenvalue weighted by molar-refractivity contribution is -0.305. The highest BCUT2D eigenvalue weighted by atomic mass is 19.4. The highest BCUT2D eigenvalue weighted by Crippen LogP contribution is 2.47. The number of rotatable bonds is 3. The summed E-state index contributed by atoms with van der Waals surface area (Å²) in [4.78, 5) is 10.8. The average Bonchev–Trinajstić information content (AvgIpc) is 2.29. The van der Waals surface area contributed by atoms with E-state index in [1.54, 1.807) is 0 Å². The molecule has 0 aliphatic carbocycles. The number of carbonyl (C=O) groups is 1. The van der Waals surface area contributed by atoms with Gasteiger partial charge in [-0.15, -0.1) is 0 Å². The van der Waals surface area contributed by atoms with Crippen LogP contribution < -0.4 is 5.32 Å². The maximum atomic E-state index is 13.4. The largest absolute Gasteiger partial charge is 0.506 e. The number of hydrogen-bond donors (Lipinski definition) is 2. The summed E-state index contributed by atoms with van der Waals surface area (Å²) in [5, 5.41) is 11.3. The van der Waals surface area contributed by atoms with Crippen molar-refractivity contribution in [3.05, 3.63) is 23.8 Å². The fourth-order valence-corrected chi connectivity index (χ4v) is 1.35. The molecule has 0 aliphatic heterocycles. The molecule has 20 heavy (non-hydrogen) atoms. The Morgan fingerprint density at radius 1 is 1.25 bits per heavy atom. The Hall–Kier alpha value is -1.93. The number of nitrogens with one attached hydrogen (secondary N) is 1. The summed E-state index contributed by atoms with van der Waals surface area (Å²) in [6, 6.07) is 1.80. The molecule has 1 unspecified atom stereocenters. The molecule has 1 aromatic rings. The summed E-state index contributed by atoms with van der Waals surface area (Å²) in [5.41, 5.74) is -1.48. The number of phenolic OH excluding ortho intramolecular Hbond substituents is 1. The number of aromatic hydroxyl groups is 1. The van der Waals surface area contributed by atoms with Crippen molar-refractivity contribution in [3.63, 3.8) is 0 Å². The number of anilines is 1. The van der Waals surface area contributed by atoms with E-state index in [9.17, 15) is 36.2 Å². The van der Waals surface area contributed by atoms with Crippen LogP contribution in [0.5, 0.6) is 5.75 Å². The Morgan fingerprint density at radius 3 is 2.25 bits per heavy atom. The molecule has 0 bridgehead atoms. The lowest BCUT2D eigenvalue weighted by Crippen LogP contribution is -2.40. The number of alkyl halides is 6. The number of phenols is 1. The molecule has 1 rings (SSSR count). The summed E-state index contributed by atoms with van der Waals surface area (Å²) in [5.74, 6) is -6.89. The van der Waals surface area contributed by atoms with Crippen LogP contribution in [-0.4, -0.2) is 23.1 Å². The molecular weight excluding hydrogens is 292 g/mol. The van der Waals surface area contributed by atoms with Gasteiger partial charge in [0.05, 0.1) is 5.69 Å². The summed E-state index contributed by atoms with van der Waals surface area (Å²) in [6.07, 6.45) is -9.71. The van der Waals surface area contributed by atoms with Crippen LogP contribution in [0.4, 0.5) is 32.0 Å². The number of hydrogen-bond acceptors (Lipinski definition) is 2. The predicted molar refractivity (Wildman–Crippen MR) is 57.3 cm³/mol. The van der Waals surface area contributed by atoms with Crippen molar-refractivity contribution < 1.29 is 36.2 Å². The maximum absolute atomic E-state index is 13.4. The molecule has 0 spiro atoms. The summed E-state index contributed by atoms with van der Waals surface area (Å²) in [6.45, 7) is 1.02. The normalized spacial score (nSPS) is 13.9. The van der Waals surface area contributed by atoms with E-state index in [-0.39, 0.29) is 0 Å². The zero-order valence-corrected chi connectivity index (χ0v) is 9.93. The Bertz CT molecular complexity index is 514. The summed E-state index contributed by atoms with van der Waals surface area (Å²) in [7, 11) is 0. The van der Waals surface area contributed by atoms with Crippen molar-refractivity contribution in [2.24, 2.45) is 0 Å². The maximum Gasteiger partial charge on any atom is 0.456 e. The molecule has 1 aromatic carbocycles. The fourth-order valence-electron chi connectivity index (χ4n) is 1.35. The van der Waals surface area contributed by atoms with Gasteiger partial charge in [0.15, 0.2) is 6.17 Å². The average molecular weight is 301 g/mol. The lowest BCUT2D eigenvalue weighted by Gasteiger charge is -2.23. The van der Waals surface area contributed by atoms with Crippen molar-refractivity contribution in [1.82, 2.24) is 0 Å². The second kappa shape index (κ2) is 5.22. The van der Waals surface area contributed by atoms with E-state index in [2.05, 4.69) is 0 Å². The van der Waals surface area contributed by atoms with Gasteiger partial charge in [-0.25, -0.2) is 4.39 Å². The standard InChI is InChI=1S/C11H9F6NO2/c1-5(19)18-7-4-6(2-3-8(7)20)9(12)10(13,14)11(15,16)17/h2-4,9,20H,1H3,(H,18,19). The molecule has 0 saturated carbocycles. The van der Waals surface area contributed by atoms with Crippen LogP contribution in [0.25, 0.3) is 0 Å². The zero-order chi connectivity index (χ0) is 15.7. The molecule has 0 heterocycles. The second-order valence-electron chi connectivity index (χ2n) is 3.94. The second-order valence-corrected chi connectivity index (χ2v) is 3.94. The fraction of sp³-hybridized carbons (Fsp3) is 0.364. The molecule has 0 radical (unpaired) electrons. The third-order valence-electron chi connectivity index (χ3n) is 2.32. The van der Waals surface area contributed by atoms with Crippen LogP contribution in [-0.2, 0) is 4.79 Å². The quantitative estimate of drug-likeness (QED) is 0.662. The molecule has 1 amide bonds. The monoisotopic (exact) mass is 301 g/mol. The summed E-state index contributed by atoms with van der Waals surface area (Å²) < 4.78 is 75.3. The highest BCUT2D eigenvalue weighted by Gasteiger charge is 2.63. The van der Waals surface area contributed by atoms with Gasteiger partial charge in [-0.2, -0.15) is 22.0 Å². The van der Waals surface area contributed by atoms with Crippen LogP contribution in [0.15, 0.2) is 18.2 Å². The third kappa shape index (κ3) is 3.14. The van der Waals surface area contributed by atoms with Gasteiger partial charge < -0.3 is 10.4 Å². The predicted octanol–water partition coefficient (Wildman–Crippen LogP) is 3.56. The van der Waals surface area contributed by atoms with Gasteiger partial charge in [-0.3, -0.25) is 4.79 Å². The number of benzene rings is 1. The molecule has 2 N–H and O–H groups in total. The molecule has 1 atom stereocenters. The van der Waals surface area contributed by atoms with Gasteiger partial charge in [-0.1, -0.05) is 6.07 Å². The molecule has 0 aromatic heterocycles. The smallest absolute Gasteiger partial charge is 0.456 e. The zero-order valence-electron chi connectivity index (χ0n) is 9.93. The highest BCUT2D eigenvalue weighted by molar-refractivity contribution is 5.90. The van der Waals surface area contributed by atoms with Crippen LogP contribution in [0.3, 0.4) is 0 Å². The molecule has 112 valence electrons. The first-order valence-corrected chi connectivity index (χ1v) is 5.16. The third-order valence-corrected chi connectivity index (χ3v) is 2.32. The first-order valence-electron chi connectivity index (χ1n) is 5.16. The summed E-state index contributed by atoms with van der Waals surface area (Å²) >= 11 is 0. The van der Waals surface area contributed by atoms with Crippen molar-refractivity contribution in [1.29, 1.82) is 0 Å². The van der Waals surface area contributed by atoms with Gasteiger partial charge in [0.2, 0.25) is 5.91 Å². The van der Waals surface area contributed by atoms with E-state index < -0.39 is 41.2 Å². The van der Waals surface area contributed by atoms with Gasteiger partial charge in [0, 0.05) is 6.92 Å². The minimum absolute atomic E-state index is 0.462. The minimum atomic E-state index is -6.06. The van der Waals surface area contributed by atoms with Crippen molar-refractivity contribution in [3.8, 4) is 5.75 Å². The van der Waals surface area contributed by atoms with Gasteiger partial charge in [0.25, 0.3) is 0 Å².